The molecule has 9 rings (SSSR count). The monoisotopic (exact) mass is 1480 g/mol. The maximum Gasteiger partial charge on any atom is 0.323 e. The molecular weight excluding hydrogens is 1410 g/mol. The summed E-state index contributed by atoms with van der Waals surface area (Å²) in [6.07, 6.45) is 23.2. The number of aromatic nitrogens is 3. The van der Waals surface area contributed by atoms with Crippen molar-refractivity contribution in [3.8, 4) is 0 Å². The maximum atomic E-state index is 14.1. The Balaban J connectivity index is 1.08. The van der Waals surface area contributed by atoms with Crippen molar-refractivity contribution >= 4 is 205 Å². The molecule has 0 atom stereocenters. The number of amides is 3. The number of anilines is 3. The van der Waals surface area contributed by atoms with Gasteiger partial charge in [-0.3, -0.25) is 71.6 Å². The van der Waals surface area contributed by atoms with Crippen molar-refractivity contribution in [2.45, 2.75) is 156 Å². The topological polar surface area (TPSA) is 242 Å². The van der Waals surface area contributed by atoms with Crippen molar-refractivity contribution < 1.29 is 44.1 Å². The summed E-state index contributed by atoms with van der Waals surface area (Å²) in [7, 11) is 0. The van der Waals surface area contributed by atoms with E-state index >= 15 is 0 Å². The smallest absolute Gasteiger partial charge is 0.323 e. The van der Waals surface area contributed by atoms with Gasteiger partial charge < -0.3 is 20.2 Å². The Morgan fingerprint density at radius 2 is 0.619 bits per heavy atom. The third-order valence-electron chi connectivity index (χ3n) is 16.3. The molecule has 0 aliphatic carbocycles. The van der Waals surface area contributed by atoms with Crippen molar-refractivity contribution in [2.24, 2.45) is 0 Å². The first kappa shape index (κ1) is 74.3. The lowest BCUT2D eigenvalue weighted by molar-refractivity contribution is -0.138. The number of thiocarbonyl (C=S) groups is 3. The molecule has 6 aromatic rings. The summed E-state index contributed by atoms with van der Waals surface area (Å²) in [5.74, 6) is -4.87. The van der Waals surface area contributed by atoms with Crippen LogP contribution in [0.4, 0.5) is 17.1 Å². The van der Waals surface area contributed by atoms with Crippen LogP contribution in [0.1, 0.15) is 153 Å². The number of carbonyl (C=O) groups excluding carboxylic acids is 3. The van der Waals surface area contributed by atoms with E-state index in [1.807, 2.05) is 41.3 Å². The Bertz CT molecular complexity index is 4150. The molecule has 0 spiro atoms. The van der Waals surface area contributed by atoms with Crippen molar-refractivity contribution in [3.05, 3.63) is 148 Å². The minimum absolute atomic E-state index is 0.197. The molecule has 3 aromatic carbocycles. The number of nitrogens with zero attached hydrogens (tertiary/aromatic N) is 7. The summed E-state index contributed by atoms with van der Waals surface area (Å²) in [6, 6.07) is 21.7. The number of hydrogen-bond acceptors (Lipinski definition) is 19. The van der Waals surface area contributed by atoms with Gasteiger partial charge in [0.1, 0.15) is 61.3 Å². The number of carboxylic acid groups (broad SMARTS) is 3. The minimum atomic E-state index is -1.26. The molecule has 0 unspecified atom stereocenters. The lowest BCUT2D eigenvalue weighted by atomic mass is 10.1. The second-order valence-corrected chi connectivity index (χ2v) is 31.5. The lowest BCUT2D eigenvalue weighted by Gasteiger charge is -2.26. The normalized spacial score (nSPS) is 16.6. The highest BCUT2D eigenvalue weighted by Gasteiger charge is 2.37. The third-order valence-corrected chi connectivity index (χ3v) is 24.4. The highest BCUT2D eigenvalue weighted by atomic mass is 32.2. The van der Waals surface area contributed by atoms with Crippen LogP contribution in [0.3, 0.4) is 0 Å². The van der Waals surface area contributed by atoms with Crippen LogP contribution in [-0.4, -0.2) is 112 Å². The van der Waals surface area contributed by atoms with Gasteiger partial charge in [0.2, 0.25) is 0 Å². The highest BCUT2D eigenvalue weighted by Crippen LogP contribution is 2.37. The predicted octanol–water partition coefficient (Wildman–Crippen LogP) is 9.55. The summed E-state index contributed by atoms with van der Waals surface area (Å²) in [5.41, 5.74) is 1.92. The van der Waals surface area contributed by atoms with Crippen LogP contribution in [0.5, 0.6) is 0 Å². The Hall–Kier alpha value is -6.89. The first-order valence-electron chi connectivity index (χ1n) is 32.4. The van der Waals surface area contributed by atoms with Gasteiger partial charge in [0.15, 0.2) is 0 Å². The number of hydrogen-bond donors (Lipinski definition) is 3. The molecule has 3 aliphatic heterocycles. The molecule has 0 radical (unpaired) electrons. The Morgan fingerprint density at radius 1 is 0.381 bits per heavy atom. The van der Waals surface area contributed by atoms with Crippen LogP contribution in [0.2, 0.25) is 0 Å². The minimum Gasteiger partial charge on any atom is -0.480 e. The van der Waals surface area contributed by atoms with Crippen LogP contribution < -0.4 is 49.2 Å². The third kappa shape index (κ3) is 18.5. The van der Waals surface area contributed by atoms with Crippen LogP contribution in [0, 0.1) is 0 Å². The van der Waals surface area contributed by atoms with Crippen molar-refractivity contribution in [1.82, 2.24) is 28.4 Å². The van der Waals surface area contributed by atoms with Crippen molar-refractivity contribution in [1.29, 1.82) is 0 Å². The van der Waals surface area contributed by atoms with Gasteiger partial charge in [0, 0.05) is 36.7 Å². The summed E-state index contributed by atoms with van der Waals surface area (Å²) in [6.45, 7) is 5.68. The average Bonchev–Trinajstić information content (AvgIpc) is 1.71. The summed E-state index contributed by atoms with van der Waals surface area (Å²) in [5, 5.41) is 29.9. The Morgan fingerprint density at radius 3 is 0.856 bits per heavy atom. The molecule has 6 heterocycles. The molecule has 28 heteroatoms. The molecule has 3 amide bonds. The molecule has 3 fully saturated rings. The van der Waals surface area contributed by atoms with E-state index in [1.165, 1.54) is 14.7 Å². The Labute approximate surface area is 600 Å². The Kier molecular flexibility index (Phi) is 27.0. The molecule has 19 nitrogen and oxygen atoms in total. The fourth-order valence-electron chi connectivity index (χ4n) is 11.3. The molecule has 512 valence electrons. The highest BCUT2D eigenvalue weighted by molar-refractivity contribution is 8.31. The number of benzene rings is 3. The number of thioether (sulfide) groups is 3. The van der Waals surface area contributed by atoms with Gasteiger partial charge in [-0.15, -0.1) is 34.0 Å². The quantitative estimate of drug-likeness (QED) is 0.0256. The first-order valence-corrected chi connectivity index (χ1v) is 38.6. The summed E-state index contributed by atoms with van der Waals surface area (Å²) >= 11 is 23.1. The zero-order chi connectivity index (χ0) is 69.4. The fraction of sp³-hybridized carbons (Fsp3) is 0.391. The van der Waals surface area contributed by atoms with Gasteiger partial charge in [-0.1, -0.05) is 225 Å². The summed E-state index contributed by atoms with van der Waals surface area (Å²) in [4.78, 5) is 128. The van der Waals surface area contributed by atoms with Crippen molar-refractivity contribution in [3.63, 3.8) is 0 Å². The second-order valence-electron chi connectivity index (χ2n) is 23.5. The van der Waals surface area contributed by atoms with E-state index in [1.54, 1.807) is 54.6 Å². The second kappa shape index (κ2) is 35.2. The van der Waals surface area contributed by atoms with Crippen LogP contribution in [-0.2, 0) is 48.4 Å². The first-order chi connectivity index (χ1) is 46.7. The molecule has 0 saturated carbocycles. The van der Waals surface area contributed by atoms with Gasteiger partial charge in [0.05, 0.1) is 13.6 Å². The van der Waals surface area contributed by atoms with E-state index in [0.29, 0.717) is 66.3 Å². The van der Waals surface area contributed by atoms with E-state index in [0.717, 1.165) is 199 Å². The number of rotatable bonds is 33. The van der Waals surface area contributed by atoms with Gasteiger partial charge in [-0.2, -0.15) is 0 Å². The van der Waals surface area contributed by atoms with Crippen LogP contribution in [0.15, 0.2) is 87.2 Å². The number of carbonyl (C=O) groups is 6. The van der Waals surface area contributed by atoms with Gasteiger partial charge >= 0.3 is 17.9 Å². The molecule has 3 aliphatic rings. The molecule has 3 saturated heterocycles. The molecule has 0 bridgehead atoms. The summed E-state index contributed by atoms with van der Waals surface area (Å²) < 4.78 is 5.55. The molecule has 3 aromatic heterocycles. The predicted molar refractivity (Wildman–Crippen MR) is 404 cm³/mol. The van der Waals surface area contributed by atoms with Gasteiger partial charge in [-0.25, -0.2) is 0 Å². The van der Waals surface area contributed by atoms with E-state index in [4.69, 9.17) is 36.7 Å². The number of unbranched alkanes of at least 4 members (excludes halogenated alkanes) is 15. The zero-order valence-corrected chi connectivity index (χ0v) is 61.3. The van der Waals surface area contributed by atoms with Gasteiger partial charge in [0.25, 0.3) is 34.4 Å². The van der Waals surface area contributed by atoms with Crippen LogP contribution >= 0.6 is 106 Å². The lowest BCUT2D eigenvalue weighted by Crippen LogP contribution is -2.35. The molecular formula is C69H75N7O12S9. The van der Waals surface area contributed by atoms with E-state index in [2.05, 4.69) is 20.8 Å². The van der Waals surface area contributed by atoms with E-state index < -0.39 is 54.2 Å². The van der Waals surface area contributed by atoms with E-state index in [9.17, 15) is 58.5 Å². The SMILES string of the molecule is CCCCCCCCN1C(=O)/C(=c2/s/c(=C\c3ccc(N(c4ccc(/C=c5\s/c(=C6\SC(=S)N(CCCCCCCC)C6=O)n(CC(=O)O)c5=O)cc4)c4ccc(/C=c5\s/c(=C6/SC(=S)N(CCCCCCCC)C6=O)n(CC(=O)O)c5=O)cc4)cc3)c(=O)n2CC(=O)O)SC1=S. The van der Waals surface area contributed by atoms with Crippen molar-refractivity contribution in [2.75, 3.05) is 24.5 Å². The largest absolute Gasteiger partial charge is 0.480 e. The fourth-order valence-corrected chi connectivity index (χ4v) is 19.0. The number of carboxylic acids is 3. The van der Waals surface area contributed by atoms with Crippen LogP contribution in [0.25, 0.3) is 32.9 Å². The van der Waals surface area contributed by atoms with E-state index in [-0.39, 0.29) is 60.0 Å². The average molecular weight is 1480 g/mol. The standard InChI is InChI=1S/C69H75N7O12S9/c1-4-7-10-13-16-19-34-70-61(86)55(95-67(70)89)64-73(40-52(77)78)58(83)49(92-64)37-43-22-28-46(29-23-43)76(47-30-24-44(25-31-47)38-50-59(84)74(41-53(79)80)65(93-50)56-62(87)71(68(90)96-56)35-20-17-14-11-8-5-2)48-32-26-45(27-33-48)39-51-60(85)75(42-54(81)82)66(94-51)57-63(88)72(69(91)97-57)36-21-18-15-12-9-6-3/h22-33,37-39H,4-21,34-36,40-42H2,1-3H3,(H,77,78)(H,79,80)(H,81,82)/b49-37-,50-38-,51-39-,64-55-,65-56-,66-57+. The number of aliphatic carboxylic acids is 3. The maximum absolute atomic E-state index is 14.1. The van der Waals surface area contributed by atoms with Gasteiger partial charge in [-0.05, 0) is 90.6 Å². The number of thiazole rings is 3. The zero-order valence-electron chi connectivity index (χ0n) is 54.0. The molecule has 97 heavy (non-hydrogen) atoms. The molecule has 3 N–H and O–H groups in total.